The second-order valence-corrected chi connectivity index (χ2v) is 8.41. The van der Waals surface area contributed by atoms with Crippen LogP contribution in [0.2, 0.25) is 0 Å². The van der Waals surface area contributed by atoms with Crippen molar-refractivity contribution in [2.75, 3.05) is 19.6 Å². The molecule has 1 aliphatic heterocycles. The molecule has 0 spiro atoms. The number of rotatable bonds is 7. The van der Waals surface area contributed by atoms with Gasteiger partial charge in [-0.3, -0.25) is 14.8 Å². The third-order valence-corrected chi connectivity index (χ3v) is 6.33. The number of carbonyl (C=O) groups is 2. The van der Waals surface area contributed by atoms with Gasteiger partial charge in [-0.25, -0.2) is 5.48 Å². The molecule has 0 unspecified atom stereocenters. The fraction of sp³-hybridized carbons (Fsp3) is 0.417. The van der Waals surface area contributed by atoms with Crippen molar-refractivity contribution in [1.82, 2.24) is 15.7 Å². The zero-order valence-corrected chi connectivity index (χ0v) is 17.1. The number of likely N-dealkylation sites (tertiary alicyclic amines) is 1. The third kappa shape index (κ3) is 5.07. The second-order valence-electron chi connectivity index (χ2n) is 8.41. The van der Waals surface area contributed by atoms with Gasteiger partial charge >= 0.3 is 0 Å². The number of carbonyl (C=O) groups excluding carboxylic acids is 2. The van der Waals surface area contributed by atoms with Crippen molar-refractivity contribution in [3.8, 4) is 0 Å². The third-order valence-electron chi connectivity index (χ3n) is 6.33. The number of hydrogen-bond acceptors (Lipinski definition) is 4. The molecular weight excluding hydrogens is 378 g/mol. The quantitative estimate of drug-likeness (QED) is 0.487. The van der Waals surface area contributed by atoms with Gasteiger partial charge in [0, 0.05) is 30.6 Å². The van der Waals surface area contributed by atoms with Crippen LogP contribution in [0.1, 0.15) is 46.7 Å². The van der Waals surface area contributed by atoms with E-state index in [-0.39, 0.29) is 5.91 Å². The van der Waals surface area contributed by atoms with Gasteiger partial charge in [0.2, 0.25) is 5.91 Å². The highest BCUT2D eigenvalue weighted by Gasteiger charge is 2.38. The summed E-state index contributed by atoms with van der Waals surface area (Å²) in [4.78, 5) is 25.9. The van der Waals surface area contributed by atoms with Crippen LogP contribution in [0.4, 0.5) is 0 Å². The van der Waals surface area contributed by atoms with Gasteiger partial charge in [0.1, 0.15) is 0 Å². The van der Waals surface area contributed by atoms with Crippen molar-refractivity contribution in [2.24, 2.45) is 5.92 Å². The Hall–Kier alpha value is -2.70. The van der Waals surface area contributed by atoms with Crippen molar-refractivity contribution in [2.45, 2.75) is 37.6 Å². The van der Waals surface area contributed by atoms with Gasteiger partial charge in [-0.15, -0.1) is 0 Å². The molecule has 1 saturated heterocycles. The van der Waals surface area contributed by atoms with Crippen LogP contribution < -0.4 is 10.8 Å². The lowest BCUT2D eigenvalue weighted by molar-refractivity contribution is -0.131. The normalized spacial score (nSPS) is 21.3. The summed E-state index contributed by atoms with van der Waals surface area (Å²) in [6.07, 6.45) is 3.64. The minimum Gasteiger partial charge on any atom is -0.342 e. The molecule has 0 bridgehead atoms. The first-order chi connectivity index (χ1) is 14.6. The molecule has 4 rings (SSSR count). The highest BCUT2D eigenvalue weighted by molar-refractivity contribution is 5.93. The molecule has 2 atom stereocenters. The summed E-state index contributed by atoms with van der Waals surface area (Å²) >= 11 is 0. The van der Waals surface area contributed by atoms with Crippen LogP contribution >= 0.6 is 0 Å². The SMILES string of the molecule is O=C(NO)c1ccc(CC(=O)N2CCC(CN[C@H]3C[C@@H]3c3ccccc3)CC2)cc1. The van der Waals surface area contributed by atoms with E-state index in [0.29, 0.717) is 29.9 Å². The molecule has 2 aromatic rings. The monoisotopic (exact) mass is 407 g/mol. The number of piperidine rings is 1. The Bertz CT molecular complexity index is 861. The van der Waals surface area contributed by atoms with Gasteiger partial charge < -0.3 is 10.2 Å². The molecule has 0 radical (unpaired) electrons. The maximum atomic E-state index is 12.6. The number of nitrogens with one attached hydrogen (secondary N) is 2. The highest BCUT2D eigenvalue weighted by atomic mass is 16.5. The van der Waals surface area contributed by atoms with Crippen LogP contribution in [0.15, 0.2) is 54.6 Å². The van der Waals surface area contributed by atoms with Crippen LogP contribution in [0.5, 0.6) is 0 Å². The molecule has 2 aliphatic rings. The average molecular weight is 408 g/mol. The Morgan fingerprint density at radius 2 is 1.70 bits per heavy atom. The van der Waals surface area contributed by atoms with E-state index in [1.807, 2.05) is 4.90 Å². The predicted octanol–water partition coefficient (Wildman–Crippen LogP) is 2.73. The smallest absolute Gasteiger partial charge is 0.274 e. The number of amides is 2. The average Bonchev–Trinajstić information content (AvgIpc) is 3.58. The topological polar surface area (TPSA) is 81.7 Å². The maximum absolute atomic E-state index is 12.6. The first kappa shape index (κ1) is 20.6. The van der Waals surface area contributed by atoms with Crippen molar-refractivity contribution in [1.29, 1.82) is 0 Å². The Kier molecular flexibility index (Phi) is 6.45. The fourth-order valence-electron chi connectivity index (χ4n) is 4.32. The predicted molar refractivity (Wildman–Crippen MR) is 114 cm³/mol. The zero-order chi connectivity index (χ0) is 20.9. The number of benzene rings is 2. The summed E-state index contributed by atoms with van der Waals surface area (Å²) in [7, 11) is 0. The second kappa shape index (κ2) is 9.41. The van der Waals surface area contributed by atoms with Crippen LogP contribution in [-0.4, -0.2) is 47.6 Å². The number of hydrogen-bond donors (Lipinski definition) is 3. The lowest BCUT2D eigenvalue weighted by atomic mass is 9.96. The molecule has 1 saturated carbocycles. The summed E-state index contributed by atoms with van der Waals surface area (Å²) in [5.41, 5.74) is 4.28. The molecule has 1 aliphatic carbocycles. The minimum absolute atomic E-state index is 0.132. The van der Waals surface area contributed by atoms with E-state index >= 15 is 0 Å². The number of nitrogens with zero attached hydrogens (tertiary/aromatic N) is 1. The minimum atomic E-state index is -0.551. The molecule has 158 valence electrons. The first-order valence-corrected chi connectivity index (χ1v) is 10.7. The molecule has 2 amide bonds. The molecule has 30 heavy (non-hydrogen) atoms. The fourth-order valence-corrected chi connectivity index (χ4v) is 4.32. The van der Waals surface area contributed by atoms with E-state index in [2.05, 4.69) is 35.6 Å². The summed E-state index contributed by atoms with van der Waals surface area (Å²) in [5.74, 6) is 0.863. The summed E-state index contributed by atoms with van der Waals surface area (Å²) < 4.78 is 0. The van der Waals surface area contributed by atoms with Gasteiger partial charge in [0.05, 0.1) is 6.42 Å². The van der Waals surface area contributed by atoms with E-state index in [1.165, 1.54) is 12.0 Å². The molecule has 2 aromatic carbocycles. The van der Waals surface area contributed by atoms with Crippen molar-refractivity contribution in [3.63, 3.8) is 0 Å². The van der Waals surface area contributed by atoms with E-state index in [0.717, 1.165) is 38.0 Å². The Balaban J connectivity index is 1.17. The highest BCUT2D eigenvalue weighted by Crippen LogP contribution is 2.40. The molecular formula is C24H29N3O3. The molecule has 1 heterocycles. The zero-order valence-electron chi connectivity index (χ0n) is 17.1. The molecule has 2 fully saturated rings. The molecule has 0 aromatic heterocycles. The standard InChI is InChI=1S/C24H29N3O3/c28-23(14-17-6-8-20(9-7-17)24(29)26-30)27-12-10-18(11-13-27)16-25-22-15-21(22)19-4-2-1-3-5-19/h1-9,18,21-22,25,30H,10-16H2,(H,26,29)/t21-,22+/m1/s1. The molecule has 3 N–H and O–H groups in total. The molecule has 6 heteroatoms. The Morgan fingerprint density at radius 3 is 2.37 bits per heavy atom. The van der Waals surface area contributed by atoms with Crippen molar-refractivity contribution >= 4 is 11.8 Å². The van der Waals surface area contributed by atoms with Crippen molar-refractivity contribution < 1.29 is 14.8 Å². The maximum Gasteiger partial charge on any atom is 0.274 e. The number of hydroxylamine groups is 1. The van der Waals surface area contributed by atoms with E-state index in [9.17, 15) is 9.59 Å². The van der Waals surface area contributed by atoms with E-state index < -0.39 is 5.91 Å². The van der Waals surface area contributed by atoms with Crippen LogP contribution in [0.25, 0.3) is 0 Å². The van der Waals surface area contributed by atoms with Crippen LogP contribution in [0, 0.1) is 5.92 Å². The summed E-state index contributed by atoms with van der Waals surface area (Å²) in [6, 6.07) is 18.1. The van der Waals surface area contributed by atoms with Crippen LogP contribution in [0.3, 0.4) is 0 Å². The van der Waals surface area contributed by atoms with Gasteiger partial charge in [0.15, 0.2) is 0 Å². The summed E-state index contributed by atoms with van der Waals surface area (Å²) in [5, 5.41) is 12.4. The molecule has 6 nitrogen and oxygen atoms in total. The van der Waals surface area contributed by atoms with Gasteiger partial charge in [-0.05, 0) is 55.0 Å². The van der Waals surface area contributed by atoms with E-state index in [4.69, 9.17) is 5.21 Å². The van der Waals surface area contributed by atoms with E-state index in [1.54, 1.807) is 29.7 Å². The first-order valence-electron chi connectivity index (χ1n) is 10.7. The van der Waals surface area contributed by atoms with Crippen molar-refractivity contribution in [3.05, 3.63) is 71.3 Å². The Morgan fingerprint density at radius 1 is 1.00 bits per heavy atom. The largest absolute Gasteiger partial charge is 0.342 e. The lowest BCUT2D eigenvalue weighted by Crippen LogP contribution is -2.41. The van der Waals surface area contributed by atoms with Gasteiger partial charge in [-0.2, -0.15) is 0 Å². The lowest BCUT2D eigenvalue weighted by Gasteiger charge is -2.32. The van der Waals surface area contributed by atoms with Gasteiger partial charge in [-0.1, -0.05) is 42.5 Å². The van der Waals surface area contributed by atoms with Gasteiger partial charge in [0.25, 0.3) is 5.91 Å². The van der Waals surface area contributed by atoms with Crippen LogP contribution in [-0.2, 0) is 11.2 Å². The Labute approximate surface area is 177 Å². The summed E-state index contributed by atoms with van der Waals surface area (Å²) in [6.45, 7) is 2.65.